The smallest absolute Gasteiger partial charge is 0.220 e. The van der Waals surface area contributed by atoms with Crippen LogP contribution in [0.25, 0.3) is 0 Å². The van der Waals surface area contributed by atoms with Crippen LogP contribution in [0.15, 0.2) is 18.3 Å². The van der Waals surface area contributed by atoms with E-state index in [-0.39, 0.29) is 30.7 Å². The molecule has 2 bridgehead atoms. The molecule has 0 spiro atoms. The minimum absolute atomic E-state index is 0. The first-order valence-corrected chi connectivity index (χ1v) is 9.49. The number of halogens is 2. The van der Waals surface area contributed by atoms with E-state index in [1.807, 2.05) is 12.3 Å². The normalized spacial score (nSPS) is 26.8. The van der Waals surface area contributed by atoms with E-state index in [1.54, 1.807) is 0 Å². The van der Waals surface area contributed by atoms with Crippen LogP contribution in [-0.4, -0.2) is 36.1 Å². The Hall–Kier alpha value is -1.04. The zero-order valence-corrected chi connectivity index (χ0v) is 16.8. The number of nitrogens with one attached hydrogen (secondary N) is 2. The van der Waals surface area contributed by atoms with Crippen LogP contribution in [-0.2, 0) is 11.3 Å². The van der Waals surface area contributed by atoms with Crippen molar-refractivity contribution in [3.8, 4) is 0 Å². The number of hydrogen-bond donors (Lipinski definition) is 2. The van der Waals surface area contributed by atoms with Crippen LogP contribution in [0, 0.1) is 5.92 Å². The van der Waals surface area contributed by atoms with Crippen molar-refractivity contribution in [2.75, 3.05) is 18.0 Å². The van der Waals surface area contributed by atoms with E-state index in [9.17, 15) is 4.79 Å². The van der Waals surface area contributed by atoms with Crippen LogP contribution in [0.1, 0.15) is 50.5 Å². The third-order valence-corrected chi connectivity index (χ3v) is 5.77. The molecule has 1 aromatic rings. The van der Waals surface area contributed by atoms with Gasteiger partial charge in [-0.3, -0.25) is 4.79 Å². The number of fused-ring (bicyclic) bond motifs is 2. The number of amides is 1. The third kappa shape index (κ3) is 5.24. The first kappa shape index (κ1) is 21.3. The van der Waals surface area contributed by atoms with Gasteiger partial charge in [-0.05, 0) is 62.1 Å². The van der Waals surface area contributed by atoms with Crippen molar-refractivity contribution in [1.29, 1.82) is 0 Å². The number of hydrogen-bond acceptors (Lipinski definition) is 4. The summed E-state index contributed by atoms with van der Waals surface area (Å²) in [6, 6.07) is 5.44. The lowest BCUT2D eigenvalue weighted by Gasteiger charge is -2.28. The van der Waals surface area contributed by atoms with Crippen molar-refractivity contribution in [2.45, 2.75) is 63.6 Å². The fraction of sp³-hybridized carbons (Fsp3) is 0.684. The van der Waals surface area contributed by atoms with Crippen molar-refractivity contribution in [3.63, 3.8) is 0 Å². The predicted molar refractivity (Wildman–Crippen MR) is 109 cm³/mol. The quantitative estimate of drug-likeness (QED) is 0.796. The first-order valence-electron chi connectivity index (χ1n) is 9.49. The summed E-state index contributed by atoms with van der Waals surface area (Å²) < 4.78 is 0. The lowest BCUT2D eigenvalue weighted by Crippen LogP contribution is -2.39. The van der Waals surface area contributed by atoms with Crippen LogP contribution in [0.5, 0.6) is 0 Å². The molecule has 2 N–H and O–H groups in total. The minimum Gasteiger partial charge on any atom is -0.357 e. The second-order valence-corrected chi connectivity index (χ2v) is 7.67. The van der Waals surface area contributed by atoms with E-state index in [0.717, 1.165) is 37.3 Å². The molecule has 3 fully saturated rings. The molecule has 4 heterocycles. The average molecular weight is 401 g/mol. The molecule has 1 aromatic heterocycles. The summed E-state index contributed by atoms with van der Waals surface area (Å²) in [4.78, 5) is 19.1. The van der Waals surface area contributed by atoms with Crippen LogP contribution in [0.3, 0.4) is 0 Å². The molecule has 0 saturated carbocycles. The van der Waals surface area contributed by atoms with Gasteiger partial charge < -0.3 is 15.5 Å². The molecular weight excluding hydrogens is 371 g/mol. The number of pyridine rings is 1. The van der Waals surface area contributed by atoms with Crippen molar-refractivity contribution < 1.29 is 4.79 Å². The Labute approximate surface area is 168 Å². The molecule has 7 heteroatoms. The van der Waals surface area contributed by atoms with Crippen molar-refractivity contribution in [1.82, 2.24) is 15.6 Å². The zero-order chi connectivity index (χ0) is 16.4. The number of nitrogens with zero attached hydrogens (tertiary/aromatic N) is 2. The molecule has 5 nitrogen and oxygen atoms in total. The molecule has 1 amide bonds. The van der Waals surface area contributed by atoms with Gasteiger partial charge in [-0.1, -0.05) is 0 Å². The average Bonchev–Trinajstić information content (AvgIpc) is 3.23. The summed E-state index contributed by atoms with van der Waals surface area (Å²) in [6.07, 6.45) is 9.95. The summed E-state index contributed by atoms with van der Waals surface area (Å²) in [6.45, 7) is 2.81. The van der Waals surface area contributed by atoms with Gasteiger partial charge in [0.15, 0.2) is 0 Å². The molecule has 2 unspecified atom stereocenters. The largest absolute Gasteiger partial charge is 0.357 e. The van der Waals surface area contributed by atoms with E-state index in [0.29, 0.717) is 31.0 Å². The summed E-state index contributed by atoms with van der Waals surface area (Å²) in [5.41, 5.74) is 1.14. The lowest BCUT2D eigenvalue weighted by atomic mass is 9.89. The molecule has 3 aliphatic rings. The molecule has 0 radical (unpaired) electrons. The van der Waals surface area contributed by atoms with Gasteiger partial charge in [0.1, 0.15) is 5.82 Å². The summed E-state index contributed by atoms with van der Waals surface area (Å²) >= 11 is 0. The number of anilines is 1. The predicted octanol–water partition coefficient (Wildman–Crippen LogP) is 3.06. The molecule has 146 valence electrons. The van der Waals surface area contributed by atoms with Crippen LogP contribution < -0.4 is 15.5 Å². The molecule has 3 saturated heterocycles. The Morgan fingerprint density at radius 3 is 2.58 bits per heavy atom. The monoisotopic (exact) mass is 400 g/mol. The van der Waals surface area contributed by atoms with Gasteiger partial charge in [0, 0.05) is 44.3 Å². The third-order valence-electron chi connectivity index (χ3n) is 5.77. The highest BCUT2D eigenvalue weighted by Crippen LogP contribution is 2.32. The maximum Gasteiger partial charge on any atom is 0.220 e. The molecular formula is C19H30Cl2N4O. The van der Waals surface area contributed by atoms with Gasteiger partial charge in [0.2, 0.25) is 5.91 Å². The van der Waals surface area contributed by atoms with Gasteiger partial charge in [-0.2, -0.15) is 0 Å². The highest BCUT2D eigenvalue weighted by molar-refractivity contribution is 5.85. The maximum absolute atomic E-state index is 12.3. The van der Waals surface area contributed by atoms with E-state index in [1.165, 1.54) is 25.7 Å². The highest BCUT2D eigenvalue weighted by atomic mass is 35.5. The van der Waals surface area contributed by atoms with Crippen LogP contribution in [0.4, 0.5) is 5.82 Å². The number of rotatable bonds is 5. The number of carbonyl (C=O) groups excluding carboxylic acids is 1. The second kappa shape index (κ2) is 9.77. The van der Waals surface area contributed by atoms with Gasteiger partial charge in [-0.15, -0.1) is 24.8 Å². The van der Waals surface area contributed by atoms with Gasteiger partial charge >= 0.3 is 0 Å². The standard InChI is InChI=1S/C19H28N4O.2ClH/c24-19(12-15-9-16-3-4-17(10-15)22-16)21-13-14-5-6-20-18(11-14)23-7-1-2-8-23;;/h5-6,11,15-17,22H,1-4,7-10,12-13H2,(H,21,24);2*1H. The van der Waals surface area contributed by atoms with Crippen molar-refractivity contribution in [2.24, 2.45) is 5.92 Å². The summed E-state index contributed by atoms with van der Waals surface area (Å²) in [5, 5.41) is 6.75. The number of aromatic nitrogens is 1. The topological polar surface area (TPSA) is 57.3 Å². The molecule has 3 aliphatic heterocycles. The van der Waals surface area contributed by atoms with Gasteiger partial charge in [0.25, 0.3) is 0 Å². The first-order chi connectivity index (χ1) is 11.8. The molecule has 0 aliphatic carbocycles. The fourth-order valence-electron chi connectivity index (χ4n) is 4.57. The van der Waals surface area contributed by atoms with Crippen molar-refractivity contribution >= 4 is 36.5 Å². The Morgan fingerprint density at radius 2 is 1.88 bits per heavy atom. The Balaban J connectivity index is 0.00000121. The fourth-order valence-corrected chi connectivity index (χ4v) is 4.57. The molecule has 2 atom stereocenters. The van der Waals surface area contributed by atoms with E-state index in [4.69, 9.17) is 0 Å². The Kier molecular flexibility index (Phi) is 7.99. The Bertz CT molecular complexity index is 583. The summed E-state index contributed by atoms with van der Waals surface area (Å²) in [7, 11) is 0. The highest BCUT2D eigenvalue weighted by Gasteiger charge is 2.34. The van der Waals surface area contributed by atoms with Crippen LogP contribution >= 0.6 is 24.8 Å². The maximum atomic E-state index is 12.3. The molecule has 26 heavy (non-hydrogen) atoms. The number of piperidine rings is 1. The lowest BCUT2D eigenvalue weighted by molar-refractivity contribution is -0.122. The van der Waals surface area contributed by atoms with E-state index >= 15 is 0 Å². The summed E-state index contributed by atoms with van der Waals surface area (Å²) in [5.74, 6) is 1.80. The molecule has 0 aromatic carbocycles. The van der Waals surface area contributed by atoms with E-state index < -0.39 is 0 Å². The Morgan fingerprint density at radius 1 is 1.19 bits per heavy atom. The minimum atomic E-state index is 0. The number of carbonyl (C=O) groups is 1. The van der Waals surface area contributed by atoms with Gasteiger partial charge in [0.05, 0.1) is 0 Å². The second-order valence-electron chi connectivity index (χ2n) is 7.67. The SMILES string of the molecule is Cl.Cl.O=C(CC1CC2CCC(C1)N2)NCc1ccnc(N2CCCC2)c1. The van der Waals surface area contributed by atoms with Gasteiger partial charge in [-0.25, -0.2) is 4.98 Å². The van der Waals surface area contributed by atoms with E-state index in [2.05, 4.69) is 26.6 Å². The zero-order valence-electron chi connectivity index (χ0n) is 15.2. The van der Waals surface area contributed by atoms with Crippen molar-refractivity contribution in [3.05, 3.63) is 23.9 Å². The van der Waals surface area contributed by atoms with Crippen LogP contribution in [0.2, 0.25) is 0 Å². The molecule has 4 rings (SSSR count).